The average molecular weight is 263 g/mol. The van der Waals surface area contributed by atoms with E-state index in [1.807, 2.05) is 12.1 Å². The quantitative estimate of drug-likeness (QED) is 0.648. The van der Waals surface area contributed by atoms with Crippen LogP contribution < -0.4 is 0 Å². The van der Waals surface area contributed by atoms with Crippen molar-refractivity contribution in [3.63, 3.8) is 0 Å². The van der Waals surface area contributed by atoms with Crippen molar-refractivity contribution in [3.8, 4) is 5.75 Å². The summed E-state index contributed by atoms with van der Waals surface area (Å²) in [5, 5.41) is 14.3. The number of phenolic OH excluding ortho intramolecular Hbond substituents is 1. The van der Waals surface area contributed by atoms with Crippen LogP contribution in [0.15, 0.2) is 17.3 Å². The first kappa shape index (κ1) is 15.5. The van der Waals surface area contributed by atoms with Gasteiger partial charge in [-0.15, -0.1) is 0 Å². The Balaban J connectivity index is 3.52. The summed E-state index contributed by atoms with van der Waals surface area (Å²) in [6.45, 7) is 12.5. The van der Waals surface area contributed by atoms with Crippen molar-refractivity contribution < 1.29 is 9.94 Å². The minimum atomic E-state index is -0.124. The van der Waals surface area contributed by atoms with E-state index in [0.29, 0.717) is 5.75 Å². The molecular formula is C16H25NO2. The fraction of sp³-hybridized carbons (Fsp3) is 0.562. The number of hydrogen-bond donors (Lipinski definition) is 1. The van der Waals surface area contributed by atoms with Gasteiger partial charge < -0.3 is 9.94 Å². The molecule has 3 heteroatoms. The maximum Gasteiger partial charge on any atom is 0.123 e. The third kappa shape index (κ3) is 3.72. The first-order chi connectivity index (χ1) is 8.57. The number of phenols is 1. The molecule has 0 spiro atoms. The Hall–Kier alpha value is -1.51. The van der Waals surface area contributed by atoms with Crippen molar-refractivity contribution in [2.45, 2.75) is 52.4 Å². The van der Waals surface area contributed by atoms with Crippen LogP contribution >= 0.6 is 0 Å². The highest BCUT2D eigenvalue weighted by molar-refractivity contribution is 5.81. The normalized spacial score (nSPS) is 13.0. The summed E-state index contributed by atoms with van der Waals surface area (Å²) in [6.07, 6.45) is 1.67. The Morgan fingerprint density at radius 2 is 1.42 bits per heavy atom. The zero-order valence-corrected chi connectivity index (χ0v) is 13.0. The minimum Gasteiger partial charge on any atom is -0.507 e. The van der Waals surface area contributed by atoms with Gasteiger partial charge >= 0.3 is 0 Å². The maximum absolute atomic E-state index is 10.5. The fourth-order valence-electron chi connectivity index (χ4n) is 1.99. The number of rotatable bonds is 2. The highest BCUT2D eigenvalue weighted by atomic mass is 16.6. The number of aromatic hydroxyl groups is 1. The van der Waals surface area contributed by atoms with Gasteiger partial charge in [0.15, 0.2) is 0 Å². The van der Waals surface area contributed by atoms with Crippen molar-refractivity contribution in [2.75, 3.05) is 7.11 Å². The molecule has 0 unspecified atom stereocenters. The van der Waals surface area contributed by atoms with E-state index in [2.05, 4.69) is 46.7 Å². The van der Waals surface area contributed by atoms with E-state index in [9.17, 15) is 5.11 Å². The fourth-order valence-corrected chi connectivity index (χ4v) is 1.99. The zero-order valence-electron chi connectivity index (χ0n) is 13.0. The summed E-state index contributed by atoms with van der Waals surface area (Å²) < 4.78 is 0. The van der Waals surface area contributed by atoms with Gasteiger partial charge in [-0.3, -0.25) is 0 Å². The van der Waals surface area contributed by atoms with Gasteiger partial charge in [0.2, 0.25) is 0 Å². The first-order valence-electron chi connectivity index (χ1n) is 6.52. The Morgan fingerprint density at radius 3 is 1.74 bits per heavy atom. The lowest BCUT2D eigenvalue weighted by molar-refractivity contribution is 0.215. The molecule has 1 N–H and O–H groups in total. The van der Waals surface area contributed by atoms with Crippen LogP contribution in [0.2, 0.25) is 0 Å². The monoisotopic (exact) mass is 263 g/mol. The first-order valence-corrected chi connectivity index (χ1v) is 6.52. The molecule has 1 aromatic carbocycles. The van der Waals surface area contributed by atoms with Gasteiger partial charge in [0.05, 0.1) is 6.21 Å². The lowest BCUT2D eigenvalue weighted by Gasteiger charge is -2.27. The SMILES string of the molecule is CO/N=C/c1cc(C(C)(C)C)c(O)c(C(C)(C)C)c1. The van der Waals surface area contributed by atoms with Crippen LogP contribution in [0.3, 0.4) is 0 Å². The molecular weight excluding hydrogens is 238 g/mol. The van der Waals surface area contributed by atoms with E-state index in [4.69, 9.17) is 4.84 Å². The molecule has 106 valence electrons. The second-order valence-corrected chi connectivity index (χ2v) is 6.88. The molecule has 0 aromatic heterocycles. The molecule has 0 bridgehead atoms. The molecule has 0 fully saturated rings. The van der Waals surface area contributed by atoms with E-state index >= 15 is 0 Å². The Morgan fingerprint density at radius 1 is 1.00 bits per heavy atom. The van der Waals surface area contributed by atoms with Crippen LogP contribution in [0, 0.1) is 0 Å². The molecule has 0 amide bonds. The van der Waals surface area contributed by atoms with E-state index in [1.54, 1.807) is 6.21 Å². The molecule has 0 aliphatic carbocycles. The molecule has 19 heavy (non-hydrogen) atoms. The van der Waals surface area contributed by atoms with Crippen LogP contribution in [-0.2, 0) is 15.7 Å². The van der Waals surface area contributed by atoms with Gasteiger partial charge in [0.1, 0.15) is 12.9 Å². The molecule has 0 saturated heterocycles. The van der Waals surface area contributed by atoms with Gasteiger partial charge in [-0.2, -0.15) is 0 Å². The Kier molecular flexibility index (Phi) is 4.28. The van der Waals surface area contributed by atoms with E-state index in [1.165, 1.54) is 7.11 Å². The zero-order chi connectivity index (χ0) is 14.8. The van der Waals surface area contributed by atoms with Crippen LogP contribution in [0.4, 0.5) is 0 Å². The third-order valence-corrected chi connectivity index (χ3v) is 3.06. The van der Waals surface area contributed by atoms with Crippen molar-refractivity contribution in [1.82, 2.24) is 0 Å². The number of nitrogens with zero attached hydrogens (tertiary/aromatic N) is 1. The number of benzene rings is 1. The third-order valence-electron chi connectivity index (χ3n) is 3.06. The van der Waals surface area contributed by atoms with Gasteiger partial charge in [-0.1, -0.05) is 46.7 Å². The second-order valence-electron chi connectivity index (χ2n) is 6.88. The van der Waals surface area contributed by atoms with Crippen LogP contribution in [0.1, 0.15) is 58.2 Å². The van der Waals surface area contributed by atoms with Crippen molar-refractivity contribution in [1.29, 1.82) is 0 Å². The molecule has 0 aliphatic rings. The summed E-state index contributed by atoms with van der Waals surface area (Å²) >= 11 is 0. The summed E-state index contributed by atoms with van der Waals surface area (Å²) in [6, 6.07) is 3.93. The van der Waals surface area contributed by atoms with Crippen LogP contribution in [0.5, 0.6) is 5.75 Å². The highest BCUT2D eigenvalue weighted by Crippen LogP contribution is 2.39. The molecule has 1 rings (SSSR count). The van der Waals surface area contributed by atoms with E-state index in [0.717, 1.165) is 16.7 Å². The predicted molar refractivity (Wildman–Crippen MR) is 80.1 cm³/mol. The number of hydrogen-bond acceptors (Lipinski definition) is 3. The summed E-state index contributed by atoms with van der Waals surface area (Å²) in [4.78, 5) is 4.73. The minimum absolute atomic E-state index is 0.124. The van der Waals surface area contributed by atoms with Gasteiger partial charge in [-0.05, 0) is 28.5 Å². The lowest BCUT2D eigenvalue weighted by Crippen LogP contribution is -2.17. The number of oxime groups is 1. The molecule has 0 saturated carbocycles. The van der Waals surface area contributed by atoms with Crippen molar-refractivity contribution in [2.24, 2.45) is 5.16 Å². The smallest absolute Gasteiger partial charge is 0.123 e. The van der Waals surface area contributed by atoms with E-state index in [-0.39, 0.29) is 10.8 Å². The largest absolute Gasteiger partial charge is 0.507 e. The van der Waals surface area contributed by atoms with Gasteiger partial charge in [-0.25, -0.2) is 0 Å². The lowest BCUT2D eigenvalue weighted by atomic mass is 9.78. The Bertz CT molecular complexity index is 441. The molecule has 0 atom stereocenters. The standard InChI is InChI=1S/C16H25NO2/c1-15(2,3)12-8-11(10-17-19-7)9-13(14(12)18)16(4,5)6/h8-10,18H,1-7H3/b17-10+. The average Bonchev–Trinajstić information content (AvgIpc) is 2.24. The topological polar surface area (TPSA) is 41.8 Å². The summed E-state index contributed by atoms with van der Waals surface area (Å²) in [5.74, 6) is 0.384. The van der Waals surface area contributed by atoms with Gasteiger partial charge in [0.25, 0.3) is 0 Å². The summed E-state index contributed by atoms with van der Waals surface area (Å²) in [5.41, 5.74) is 2.55. The van der Waals surface area contributed by atoms with Crippen molar-refractivity contribution >= 4 is 6.21 Å². The molecule has 0 aliphatic heterocycles. The molecule has 1 aromatic rings. The molecule has 0 heterocycles. The van der Waals surface area contributed by atoms with Crippen LogP contribution in [0.25, 0.3) is 0 Å². The molecule has 0 radical (unpaired) electrons. The molecule has 3 nitrogen and oxygen atoms in total. The maximum atomic E-state index is 10.5. The second kappa shape index (κ2) is 5.24. The predicted octanol–water partition coefficient (Wildman–Crippen LogP) is 3.97. The van der Waals surface area contributed by atoms with Crippen LogP contribution in [-0.4, -0.2) is 18.4 Å². The van der Waals surface area contributed by atoms with E-state index < -0.39 is 0 Å². The van der Waals surface area contributed by atoms with Crippen molar-refractivity contribution in [3.05, 3.63) is 28.8 Å². The Labute approximate surface area is 116 Å². The van der Waals surface area contributed by atoms with Gasteiger partial charge in [0, 0.05) is 11.1 Å². The summed E-state index contributed by atoms with van der Waals surface area (Å²) in [7, 11) is 1.52. The highest BCUT2D eigenvalue weighted by Gasteiger charge is 2.26.